The Hall–Kier alpha value is -2.93. The van der Waals surface area contributed by atoms with Gasteiger partial charge < -0.3 is 28.7 Å². The van der Waals surface area contributed by atoms with Crippen LogP contribution in [0.25, 0.3) is 0 Å². The number of rotatable bonds is 7. The van der Waals surface area contributed by atoms with Crippen molar-refractivity contribution in [3.8, 4) is 23.0 Å². The highest BCUT2D eigenvalue weighted by atomic mass is 16.5. The molecule has 1 aliphatic heterocycles. The van der Waals surface area contributed by atoms with Crippen molar-refractivity contribution in [3.63, 3.8) is 0 Å². The maximum atomic E-state index is 13.0. The molecule has 1 fully saturated rings. The van der Waals surface area contributed by atoms with Crippen molar-refractivity contribution in [2.45, 2.75) is 6.54 Å². The maximum absolute atomic E-state index is 13.0. The number of carbonyl (C=O) groups excluding carboxylic acids is 1. The van der Waals surface area contributed by atoms with E-state index in [1.54, 1.807) is 40.6 Å². The molecule has 1 aliphatic rings. The van der Waals surface area contributed by atoms with Gasteiger partial charge in [0.2, 0.25) is 5.75 Å². The van der Waals surface area contributed by atoms with Crippen molar-refractivity contribution in [2.75, 3.05) is 54.6 Å². The maximum Gasteiger partial charge on any atom is 0.254 e. The molecule has 2 aromatic carbocycles. The zero-order chi connectivity index (χ0) is 20.8. The molecule has 0 unspecified atom stereocenters. The summed E-state index contributed by atoms with van der Waals surface area (Å²) in [7, 11) is 6.34. The summed E-state index contributed by atoms with van der Waals surface area (Å²) < 4.78 is 21.5. The number of nitrogens with one attached hydrogen (secondary N) is 1. The van der Waals surface area contributed by atoms with Gasteiger partial charge in [0.25, 0.3) is 5.91 Å². The van der Waals surface area contributed by atoms with Gasteiger partial charge in [0.15, 0.2) is 11.5 Å². The van der Waals surface area contributed by atoms with Crippen LogP contribution in [0, 0.1) is 0 Å². The Kier molecular flexibility index (Phi) is 6.82. The van der Waals surface area contributed by atoms with Gasteiger partial charge in [-0.1, -0.05) is 12.1 Å². The molecule has 1 N–H and O–H groups in total. The van der Waals surface area contributed by atoms with Crippen LogP contribution in [0.1, 0.15) is 15.9 Å². The Morgan fingerprint density at radius 2 is 1.48 bits per heavy atom. The third-order valence-electron chi connectivity index (χ3n) is 5.30. The fraction of sp³-hybridized carbons (Fsp3) is 0.409. The molecule has 1 saturated heterocycles. The van der Waals surface area contributed by atoms with Gasteiger partial charge in [0.1, 0.15) is 12.3 Å². The summed E-state index contributed by atoms with van der Waals surface area (Å²) in [5, 5.41) is 0. The first-order chi connectivity index (χ1) is 14.1. The standard InChI is InChI=1S/C22H28N2O5/c1-26-18-8-6-5-7-16(18)15-23-9-11-24(12-10-23)22(25)17-13-19(27-2)21(29-4)20(14-17)28-3/h5-8,13-14H,9-12,15H2,1-4H3/p+1. The molecule has 0 saturated carbocycles. The molecule has 0 aromatic heterocycles. The zero-order valence-electron chi connectivity index (χ0n) is 17.5. The summed E-state index contributed by atoms with van der Waals surface area (Å²) in [6.07, 6.45) is 0. The van der Waals surface area contributed by atoms with Crippen LogP contribution >= 0.6 is 0 Å². The predicted molar refractivity (Wildman–Crippen MR) is 109 cm³/mol. The molecule has 1 amide bonds. The van der Waals surface area contributed by atoms with E-state index >= 15 is 0 Å². The first kappa shape index (κ1) is 20.8. The molecule has 0 aliphatic carbocycles. The van der Waals surface area contributed by atoms with Gasteiger partial charge in [-0.3, -0.25) is 4.79 Å². The molecule has 7 nitrogen and oxygen atoms in total. The van der Waals surface area contributed by atoms with Crippen LogP contribution in [0.5, 0.6) is 23.0 Å². The largest absolute Gasteiger partial charge is 0.496 e. The molecule has 0 atom stereocenters. The Bertz CT molecular complexity index is 822. The summed E-state index contributed by atoms with van der Waals surface area (Å²) >= 11 is 0. The van der Waals surface area contributed by atoms with Gasteiger partial charge >= 0.3 is 0 Å². The molecule has 0 spiro atoms. The van der Waals surface area contributed by atoms with Crippen molar-refractivity contribution >= 4 is 5.91 Å². The molecular formula is C22H29N2O5+. The third kappa shape index (κ3) is 4.56. The van der Waals surface area contributed by atoms with Crippen molar-refractivity contribution in [2.24, 2.45) is 0 Å². The fourth-order valence-electron chi connectivity index (χ4n) is 3.71. The normalized spacial score (nSPS) is 14.4. The van der Waals surface area contributed by atoms with E-state index < -0.39 is 0 Å². The third-order valence-corrected chi connectivity index (χ3v) is 5.30. The molecular weight excluding hydrogens is 372 g/mol. The summed E-state index contributed by atoms with van der Waals surface area (Å²) in [6.45, 7) is 4.04. The smallest absolute Gasteiger partial charge is 0.254 e. The van der Waals surface area contributed by atoms with E-state index in [-0.39, 0.29) is 5.91 Å². The van der Waals surface area contributed by atoms with E-state index in [4.69, 9.17) is 18.9 Å². The summed E-state index contributed by atoms with van der Waals surface area (Å²) in [5.41, 5.74) is 1.72. The second-order valence-electron chi connectivity index (χ2n) is 6.94. The van der Waals surface area contributed by atoms with Crippen molar-refractivity contribution in [1.29, 1.82) is 0 Å². The number of para-hydroxylation sites is 1. The number of piperazine rings is 1. The van der Waals surface area contributed by atoms with E-state index in [0.717, 1.165) is 25.4 Å². The van der Waals surface area contributed by atoms with E-state index in [1.165, 1.54) is 10.5 Å². The number of carbonyl (C=O) groups is 1. The highest BCUT2D eigenvalue weighted by Gasteiger charge is 2.27. The number of hydrogen-bond acceptors (Lipinski definition) is 5. The second-order valence-corrected chi connectivity index (χ2v) is 6.94. The average molecular weight is 401 g/mol. The molecule has 1 heterocycles. The Labute approximate surface area is 171 Å². The van der Waals surface area contributed by atoms with Crippen molar-refractivity contribution in [3.05, 3.63) is 47.5 Å². The second kappa shape index (κ2) is 9.52. The Morgan fingerprint density at radius 3 is 2.03 bits per heavy atom. The number of nitrogens with zero attached hydrogens (tertiary/aromatic N) is 1. The molecule has 3 rings (SSSR count). The van der Waals surface area contributed by atoms with Gasteiger partial charge in [-0.15, -0.1) is 0 Å². The monoisotopic (exact) mass is 401 g/mol. The van der Waals surface area contributed by atoms with Crippen LogP contribution in [0.3, 0.4) is 0 Å². The SMILES string of the molecule is COc1ccccc1C[NH+]1CCN(C(=O)c2cc(OC)c(OC)c(OC)c2)CC1. The van der Waals surface area contributed by atoms with E-state index in [1.807, 2.05) is 23.1 Å². The lowest BCUT2D eigenvalue weighted by atomic mass is 10.1. The van der Waals surface area contributed by atoms with Gasteiger partial charge in [0.05, 0.1) is 54.6 Å². The molecule has 2 aromatic rings. The lowest BCUT2D eigenvalue weighted by Gasteiger charge is -2.32. The van der Waals surface area contributed by atoms with Crippen LogP contribution in [-0.2, 0) is 6.54 Å². The first-order valence-electron chi connectivity index (χ1n) is 9.66. The molecule has 0 bridgehead atoms. The number of amides is 1. The van der Waals surface area contributed by atoms with E-state index in [2.05, 4.69) is 6.07 Å². The number of hydrogen-bond donors (Lipinski definition) is 1. The minimum Gasteiger partial charge on any atom is -0.496 e. The van der Waals surface area contributed by atoms with E-state index in [9.17, 15) is 4.79 Å². The Morgan fingerprint density at radius 1 is 0.897 bits per heavy atom. The highest BCUT2D eigenvalue weighted by Crippen LogP contribution is 2.38. The van der Waals surface area contributed by atoms with Crippen LogP contribution in [0.4, 0.5) is 0 Å². The Balaban J connectivity index is 1.67. The molecule has 0 radical (unpaired) electrons. The lowest BCUT2D eigenvalue weighted by molar-refractivity contribution is -0.917. The summed E-state index contributed by atoms with van der Waals surface area (Å²) in [5.74, 6) is 2.33. The summed E-state index contributed by atoms with van der Waals surface area (Å²) in [4.78, 5) is 16.4. The average Bonchev–Trinajstić information content (AvgIpc) is 2.78. The van der Waals surface area contributed by atoms with Gasteiger partial charge in [-0.25, -0.2) is 0 Å². The molecule has 156 valence electrons. The van der Waals surface area contributed by atoms with Gasteiger partial charge in [-0.2, -0.15) is 0 Å². The van der Waals surface area contributed by atoms with E-state index in [0.29, 0.717) is 35.9 Å². The number of methoxy groups -OCH3 is 4. The minimum atomic E-state index is -0.0272. The molecule has 29 heavy (non-hydrogen) atoms. The number of quaternary nitrogens is 1. The van der Waals surface area contributed by atoms with Crippen LogP contribution < -0.4 is 23.8 Å². The van der Waals surface area contributed by atoms with Gasteiger partial charge in [0, 0.05) is 11.1 Å². The summed E-state index contributed by atoms with van der Waals surface area (Å²) in [6, 6.07) is 11.5. The van der Waals surface area contributed by atoms with Crippen molar-refractivity contribution < 1.29 is 28.6 Å². The van der Waals surface area contributed by atoms with Crippen LogP contribution in [0.2, 0.25) is 0 Å². The topological polar surface area (TPSA) is 61.7 Å². The zero-order valence-corrected chi connectivity index (χ0v) is 17.5. The quantitative estimate of drug-likeness (QED) is 0.757. The lowest BCUT2D eigenvalue weighted by Crippen LogP contribution is -3.13. The van der Waals surface area contributed by atoms with Crippen LogP contribution in [-0.4, -0.2) is 65.4 Å². The van der Waals surface area contributed by atoms with Crippen LogP contribution in [0.15, 0.2) is 36.4 Å². The highest BCUT2D eigenvalue weighted by molar-refractivity contribution is 5.95. The minimum absolute atomic E-state index is 0.0272. The molecule has 7 heteroatoms. The van der Waals surface area contributed by atoms with Crippen molar-refractivity contribution in [1.82, 2.24) is 4.90 Å². The fourth-order valence-corrected chi connectivity index (χ4v) is 3.71. The first-order valence-corrected chi connectivity index (χ1v) is 9.66. The predicted octanol–water partition coefficient (Wildman–Crippen LogP) is 1.26. The number of ether oxygens (including phenoxy) is 4. The van der Waals surface area contributed by atoms with Gasteiger partial charge in [-0.05, 0) is 24.3 Å². The number of benzene rings is 2.